The van der Waals surface area contributed by atoms with Gasteiger partial charge in [0.15, 0.2) is 17.8 Å². The van der Waals surface area contributed by atoms with Crippen LogP contribution in [0.4, 0.5) is 13.2 Å². The number of halogens is 4. The number of hydrogen-bond donors (Lipinski definition) is 0. The summed E-state index contributed by atoms with van der Waals surface area (Å²) >= 11 is 7.14. The van der Waals surface area contributed by atoms with Gasteiger partial charge in [0.25, 0.3) is 0 Å². The van der Waals surface area contributed by atoms with Crippen molar-refractivity contribution in [3.05, 3.63) is 70.5 Å². The third-order valence-corrected chi connectivity index (χ3v) is 4.94. The van der Waals surface area contributed by atoms with Crippen LogP contribution < -0.4 is 0 Å². The number of benzene rings is 1. The Morgan fingerprint density at radius 2 is 1.88 bits per heavy atom. The smallest absolute Gasteiger partial charge is 0.298 e. The Labute approximate surface area is 156 Å². The van der Waals surface area contributed by atoms with Gasteiger partial charge in [0.05, 0.1) is 5.56 Å². The molecule has 0 atom stereocenters. The molecule has 9 heteroatoms. The van der Waals surface area contributed by atoms with Gasteiger partial charge in [0, 0.05) is 17.0 Å². The van der Waals surface area contributed by atoms with Crippen molar-refractivity contribution in [2.24, 2.45) is 0 Å². The number of rotatable bonds is 5. The van der Waals surface area contributed by atoms with Crippen LogP contribution in [-0.2, 0) is 11.9 Å². The molecule has 0 N–H and O–H groups in total. The monoisotopic (exact) mass is 397 g/mol. The number of aldehydes is 1. The Bertz CT molecular complexity index is 929. The van der Waals surface area contributed by atoms with E-state index in [0.717, 1.165) is 22.0 Å². The molecule has 0 spiro atoms. The van der Waals surface area contributed by atoms with E-state index in [0.29, 0.717) is 5.02 Å². The summed E-state index contributed by atoms with van der Waals surface area (Å²) < 4.78 is 40.9. The second-order valence-corrected chi connectivity index (χ2v) is 6.53. The molecule has 3 aromatic rings. The fraction of sp³-hybridized carbons (Fsp3) is 0.118. The summed E-state index contributed by atoms with van der Waals surface area (Å²) in [7, 11) is 0. The van der Waals surface area contributed by atoms with E-state index in [9.17, 15) is 18.0 Å². The van der Waals surface area contributed by atoms with Gasteiger partial charge in [-0.2, -0.15) is 18.3 Å². The predicted molar refractivity (Wildman–Crippen MR) is 92.8 cm³/mol. The van der Waals surface area contributed by atoms with Crippen LogP contribution in [0.5, 0.6) is 0 Å². The number of carbonyl (C=O) groups is 1. The van der Waals surface area contributed by atoms with E-state index in [1.807, 2.05) is 0 Å². The summed E-state index contributed by atoms with van der Waals surface area (Å²) in [6.45, 7) is 0. The van der Waals surface area contributed by atoms with Gasteiger partial charge in [-0.15, -0.1) is 11.8 Å². The molecule has 2 heterocycles. The summed E-state index contributed by atoms with van der Waals surface area (Å²) in [6, 6.07) is 11.8. The summed E-state index contributed by atoms with van der Waals surface area (Å²) in [5, 5.41) is 4.16. The predicted octanol–water partition coefficient (Wildman–Crippen LogP) is 5.04. The molecule has 3 rings (SSSR count). The van der Waals surface area contributed by atoms with Crippen molar-refractivity contribution in [2.75, 3.05) is 0 Å². The molecule has 26 heavy (non-hydrogen) atoms. The summed E-state index contributed by atoms with van der Waals surface area (Å²) in [6.07, 6.45) is -3.15. The molecule has 0 aliphatic rings. The number of alkyl halides is 3. The fourth-order valence-corrected chi connectivity index (χ4v) is 3.65. The maximum Gasteiger partial charge on any atom is 0.435 e. The molecule has 1 aromatic carbocycles. The number of carbonyl (C=O) groups excluding carboxylic acids is 1. The minimum Gasteiger partial charge on any atom is -0.298 e. The van der Waals surface area contributed by atoms with Gasteiger partial charge in [0.1, 0.15) is 5.03 Å². The van der Waals surface area contributed by atoms with Crippen LogP contribution in [-0.4, -0.2) is 21.1 Å². The normalized spacial score (nSPS) is 11.5. The lowest BCUT2D eigenvalue weighted by molar-refractivity contribution is -0.141. The highest BCUT2D eigenvalue weighted by atomic mass is 35.5. The van der Waals surface area contributed by atoms with Crippen LogP contribution in [0.25, 0.3) is 5.82 Å². The Hall–Kier alpha value is -2.32. The van der Waals surface area contributed by atoms with E-state index in [1.54, 1.807) is 36.4 Å². The molecule has 0 bridgehead atoms. The van der Waals surface area contributed by atoms with Crippen molar-refractivity contribution < 1.29 is 18.0 Å². The van der Waals surface area contributed by atoms with E-state index >= 15 is 0 Å². The van der Waals surface area contributed by atoms with Crippen LogP contribution in [0, 0.1) is 0 Å². The minimum absolute atomic E-state index is 0.0611. The summed E-state index contributed by atoms with van der Waals surface area (Å²) in [5.74, 6) is 0.462. The molecule has 0 aliphatic carbocycles. The lowest BCUT2D eigenvalue weighted by Gasteiger charge is -2.08. The lowest BCUT2D eigenvalue weighted by atomic mass is 10.2. The topological polar surface area (TPSA) is 47.8 Å². The molecule has 0 radical (unpaired) electrons. The van der Waals surface area contributed by atoms with Crippen LogP contribution in [0.3, 0.4) is 0 Å². The zero-order valence-electron chi connectivity index (χ0n) is 13.1. The van der Waals surface area contributed by atoms with Gasteiger partial charge < -0.3 is 0 Å². The van der Waals surface area contributed by atoms with Gasteiger partial charge in [-0.1, -0.05) is 35.9 Å². The molecule has 0 unspecified atom stereocenters. The minimum atomic E-state index is -4.75. The van der Waals surface area contributed by atoms with Crippen LogP contribution >= 0.6 is 23.4 Å². The number of thioether (sulfide) groups is 1. The van der Waals surface area contributed by atoms with Crippen LogP contribution in [0.1, 0.15) is 21.6 Å². The molecular weight excluding hydrogens is 387 g/mol. The number of aromatic nitrogens is 3. The Morgan fingerprint density at radius 3 is 2.50 bits per heavy atom. The molecule has 4 nitrogen and oxygen atoms in total. The van der Waals surface area contributed by atoms with E-state index < -0.39 is 17.4 Å². The number of pyridine rings is 1. The number of nitrogens with zero attached hydrogens (tertiary/aromatic N) is 3. The quantitative estimate of drug-likeness (QED) is 0.447. The number of hydrogen-bond acceptors (Lipinski definition) is 4. The molecule has 0 fully saturated rings. The Morgan fingerprint density at radius 1 is 1.15 bits per heavy atom. The highest BCUT2D eigenvalue weighted by Crippen LogP contribution is 2.37. The molecule has 0 aliphatic heterocycles. The lowest BCUT2D eigenvalue weighted by Crippen LogP contribution is -2.09. The average Bonchev–Trinajstić information content (AvgIpc) is 3.00. The highest BCUT2D eigenvalue weighted by Gasteiger charge is 2.39. The molecule has 0 saturated heterocycles. The third kappa shape index (κ3) is 3.76. The SMILES string of the molecule is O=Cc1c(C(F)(F)F)nn(-c2ccccn2)c1SCc1ccccc1Cl. The van der Waals surface area contributed by atoms with E-state index in [-0.39, 0.29) is 22.9 Å². The first-order valence-corrected chi connectivity index (χ1v) is 8.71. The fourth-order valence-electron chi connectivity index (χ4n) is 2.27. The summed E-state index contributed by atoms with van der Waals surface area (Å²) in [5.41, 5.74) is -1.02. The first-order valence-electron chi connectivity index (χ1n) is 7.35. The first kappa shape index (κ1) is 18.5. The van der Waals surface area contributed by atoms with E-state index in [4.69, 9.17) is 11.6 Å². The van der Waals surface area contributed by atoms with Crippen molar-refractivity contribution in [1.82, 2.24) is 14.8 Å². The van der Waals surface area contributed by atoms with Crippen LogP contribution in [0.2, 0.25) is 5.02 Å². The van der Waals surface area contributed by atoms with Gasteiger partial charge in [0.2, 0.25) is 0 Å². The Balaban J connectivity index is 2.08. The van der Waals surface area contributed by atoms with Gasteiger partial charge in [-0.25, -0.2) is 9.67 Å². The van der Waals surface area contributed by atoms with Crippen molar-refractivity contribution in [2.45, 2.75) is 17.0 Å². The second kappa shape index (κ2) is 7.51. The van der Waals surface area contributed by atoms with Crippen molar-refractivity contribution in [3.63, 3.8) is 0 Å². The third-order valence-electron chi connectivity index (χ3n) is 3.45. The van der Waals surface area contributed by atoms with E-state index in [1.165, 1.54) is 12.3 Å². The zero-order valence-corrected chi connectivity index (χ0v) is 14.6. The molecular formula is C17H11ClF3N3OS. The molecule has 0 amide bonds. The largest absolute Gasteiger partial charge is 0.435 e. The van der Waals surface area contributed by atoms with Crippen molar-refractivity contribution in [1.29, 1.82) is 0 Å². The first-order chi connectivity index (χ1) is 12.4. The molecule has 0 saturated carbocycles. The average molecular weight is 398 g/mol. The van der Waals surface area contributed by atoms with E-state index in [2.05, 4.69) is 10.1 Å². The molecule has 134 valence electrons. The van der Waals surface area contributed by atoms with Crippen LogP contribution in [0.15, 0.2) is 53.7 Å². The van der Waals surface area contributed by atoms with Gasteiger partial charge in [-0.05, 0) is 23.8 Å². The maximum absolute atomic E-state index is 13.3. The van der Waals surface area contributed by atoms with Gasteiger partial charge in [-0.3, -0.25) is 4.79 Å². The van der Waals surface area contributed by atoms with Gasteiger partial charge >= 0.3 is 6.18 Å². The maximum atomic E-state index is 13.3. The Kier molecular flexibility index (Phi) is 5.33. The second-order valence-electron chi connectivity index (χ2n) is 5.16. The zero-order chi connectivity index (χ0) is 18.7. The highest BCUT2D eigenvalue weighted by molar-refractivity contribution is 7.98. The molecule has 2 aromatic heterocycles. The van der Waals surface area contributed by atoms with Crippen molar-refractivity contribution >= 4 is 29.6 Å². The summed E-state index contributed by atoms with van der Waals surface area (Å²) in [4.78, 5) is 15.4. The standard InChI is InChI=1S/C17H11ClF3N3OS/c18-13-6-2-1-5-11(13)10-26-16-12(9-25)15(17(19,20)21)23-24(16)14-7-3-4-8-22-14/h1-9H,10H2. The van der Waals surface area contributed by atoms with Crippen molar-refractivity contribution in [3.8, 4) is 5.82 Å².